The number of carbonyl (C=O) groups excluding carboxylic acids is 1. The van der Waals surface area contributed by atoms with Crippen LogP contribution in [0.15, 0.2) is 48.5 Å². The molecule has 2 aromatic carbocycles. The predicted octanol–water partition coefficient (Wildman–Crippen LogP) is 4.11. The molecule has 0 radical (unpaired) electrons. The number of nitrogens with one attached hydrogen (secondary N) is 1. The molecule has 23 heavy (non-hydrogen) atoms. The van der Waals surface area contributed by atoms with Crippen molar-refractivity contribution in [2.45, 2.75) is 13.5 Å². The van der Waals surface area contributed by atoms with Crippen molar-refractivity contribution < 1.29 is 9.53 Å². The maximum atomic E-state index is 11.8. The average molecular weight is 331 g/mol. The maximum absolute atomic E-state index is 11.8. The van der Waals surface area contributed by atoms with Crippen LogP contribution in [-0.4, -0.2) is 12.5 Å². The molecule has 0 saturated heterocycles. The number of esters is 1. The van der Waals surface area contributed by atoms with Crippen LogP contribution in [0.5, 0.6) is 0 Å². The van der Waals surface area contributed by atoms with E-state index in [2.05, 4.69) is 5.32 Å². The summed E-state index contributed by atoms with van der Waals surface area (Å²) in [5.74, 6) is -0.431. The Morgan fingerprint density at radius 3 is 2.70 bits per heavy atom. The van der Waals surface area contributed by atoms with Crippen LogP contribution < -0.4 is 11.1 Å². The Morgan fingerprint density at radius 2 is 2.00 bits per heavy atom. The maximum Gasteiger partial charge on any atom is 0.331 e. The summed E-state index contributed by atoms with van der Waals surface area (Å²) in [4.78, 5) is 11.8. The lowest BCUT2D eigenvalue weighted by Crippen LogP contribution is -2.02. The molecule has 2 aromatic rings. The zero-order valence-corrected chi connectivity index (χ0v) is 13.6. The Labute approximate surface area is 140 Å². The molecule has 4 nitrogen and oxygen atoms in total. The zero-order valence-electron chi connectivity index (χ0n) is 12.9. The number of rotatable bonds is 6. The third kappa shape index (κ3) is 4.76. The number of halogens is 1. The van der Waals surface area contributed by atoms with Gasteiger partial charge < -0.3 is 15.8 Å². The minimum absolute atomic E-state index is 0.235. The number of benzene rings is 2. The van der Waals surface area contributed by atoms with Crippen LogP contribution in [0, 0.1) is 0 Å². The second kappa shape index (κ2) is 8.25. The highest BCUT2D eigenvalue weighted by Gasteiger charge is 2.07. The van der Waals surface area contributed by atoms with Gasteiger partial charge in [-0.2, -0.15) is 0 Å². The summed E-state index contributed by atoms with van der Waals surface area (Å²) in [6, 6.07) is 13.1. The molecule has 0 bridgehead atoms. The van der Waals surface area contributed by atoms with E-state index in [1.54, 1.807) is 12.1 Å². The molecular weight excluding hydrogens is 312 g/mol. The molecular formula is C18H19ClN2O2. The monoisotopic (exact) mass is 330 g/mol. The lowest BCUT2D eigenvalue weighted by Gasteiger charge is -2.10. The SMILES string of the molecule is CCNc1ccc(/C=C/C(=O)OCc2ccccc2)c(Cl)c1N. The molecule has 0 heterocycles. The van der Waals surface area contributed by atoms with Crippen LogP contribution in [0.2, 0.25) is 5.02 Å². The first-order chi connectivity index (χ1) is 11.1. The largest absolute Gasteiger partial charge is 0.458 e. The number of nitrogen functional groups attached to an aromatic ring is 1. The van der Waals surface area contributed by atoms with E-state index in [0.29, 0.717) is 16.3 Å². The van der Waals surface area contributed by atoms with Gasteiger partial charge >= 0.3 is 5.97 Å². The Kier molecular flexibility index (Phi) is 6.06. The molecule has 0 amide bonds. The van der Waals surface area contributed by atoms with Crippen LogP contribution in [0.1, 0.15) is 18.1 Å². The number of carbonyl (C=O) groups is 1. The molecule has 0 unspecified atom stereocenters. The van der Waals surface area contributed by atoms with Crippen LogP contribution in [0.4, 0.5) is 11.4 Å². The summed E-state index contributed by atoms with van der Waals surface area (Å²) >= 11 is 6.22. The van der Waals surface area contributed by atoms with Crippen molar-refractivity contribution in [1.82, 2.24) is 0 Å². The van der Waals surface area contributed by atoms with Gasteiger partial charge in [0.25, 0.3) is 0 Å². The molecule has 0 spiro atoms. The molecule has 120 valence electrons. The van der Waals surface area contributed by atoms with E-state index in [-0.39, 0.29) is 6.61 Å². The summed E-state index contributed by atoms with van der Waals surface area (Å²) in [6.07, 6.45) is 2.94. The van der Waals surface area contributed by atoms with Crippen LogP contribution in [0.3, 0.4) is 0 Å². The van der Waals surface area contributed by atoms with Gasteiger partial charge in [-0.25, -0.2) is 4.79 Å². The van der Waals surface area contributed by atoms with Crippen LogP contribution in [-0.2, 0) is 16.1 Å². The molecule has 5 heteroatoms. The first-order valence-electron chi connectivity index (χ1n) is 7.32. The second-order valence-corrected chi connectivity index (χ2v) is 5.26. The topological polar surface area (TPSA) is 64.3 Å². The fourth-order valence-corrected chi connectivity index (χ4v) is 2.25. The van der Waals surface area contributed by atoms with Crippen molar-refractivity contribution in [3.05, 3.63) is 64.7 Å². The van der Waals surface area contributed by atoms with Crippen LogP contribution >= 0.6 is 11.6 Å². The molecule has 2 rings (SSSR count). The molecule has 0 aliphatic heterocycles. The fourth-order valence-electron chi connectivity index (χ4n) is 2.02. The summed E-state index contributed by atoms with van der Waals surface area (Å²) in [5, 5.41) is 3.53. The van der Waals surface area contributed by atoms with Crippen molar-refractivity contribution in [1.29, 1.82) is 0 Å². The normalized spacial score (nSPS) is 10.7. The van der Waals surface area contributed by atoms with E-state index in [1.165, 1.54) is 6.08 Å². The van der Waals surface area contributed by atoms with E-state index < -0.39 is 5.97 Å². The van der Waals surface area contributed by atoms with E-state index in [4.69, 9.17) is 22.1 Å². The third-order valence-electron chi connectivity index (χ3n) is 3.20. The average Bonchev–Trinajstić information content (AvgIpc) is 2.57. The summed E-state index contributed by atoms with van der Waals surface area (Å²) in [6.45, 7) is 2.96. The predicted molar refractivity (Wildman–Crippen MR) is 95.3 cm³/mol. The number of hydrogen-bond acceptors (Lipinski definition) is 4. The first-order valence-corrected chi connectivity index (χ1v) is 7.70. The highest BCUT2D eigenvalue weighted by atomic mass is 35.5. The van der Waals surface area contributed by atoms with Gasteiger partial charge in [0.15, 0.2) is 0 Å². The molecule has 0 atom stereocenters. The highest BCUT2D eigenvalue weighted by Crippen LogP contribution is 2.31. The van der Waals surface area contributed by atoms with Gasteiger partial charge in [-0.05, 0) is 30.2 Å². The first kappa shape index (κ1) is 16.9. The third-order valence-corrected chi connectivity index (χ3v) is 3.62. The minimum atomic E-state index is -0.431. The summed E-state index contributed by atoms with van der Waals surface area (Å²) < 4.78 is 5.17. The number of ether oxygens (including phenoxy) is 1. The summed E-state index contributed by atoms with van der Waals surface area (Å²) in [5.41, 5.74) is 8.82. The lowest BCUT2D eigenvalue weighted by molar-refractivity contribution is -0.138. The quantitative estimate of drug-likeness (QED) is 0.475. The van der Waals surface area contributed by atoms with Gasteiger partial charge in [-0.3, -0.25) is 0 Å². The Morgan fingerprint density at radius 1 is 1.26 bits per heavy atom. The molecule has 0 fully saturated rings. The van der Waals surface area contributed by atoms with Crippen LogP contribution in [0.25, 0.3) is 6.08 Å². The Hall–Kier alpha value is -2.46. The molecule has 0 aliphatic rings. The molecule has 3 N–H and O–H groups in total. The molecule has 0 saturated carbocycles. The highest BCUT2D eigenvalue weighted by molar-refractivity contribution is 6.35. The van der Waals surface area contributed by atoms with Crippen molar-refractivity contribution in [2.24, 2.45) is 0 Å². The van der Waals surface area contributed by atoms with Gasteiger partial charge in [0.1, 0.15) is 6.61 Å². The van der Waals surface area contributed by atoms with Crippen molar-refractivity contribution in [2.75, 3.05) is 17.6 Å². The minimum Gasteiger partial charge on any atom is -0.458 e. The van der Waals surface area contributed by atoms with Crippen molar-refractivity contribution in [3.8, 4) is 0 Å². The van der Waals surface area contributed by atoms with E-state index in [0.717, 1.165) is 17.8 Å². The Balaban J connectivity index is 1.99. The van der Waals surface area contributed by atoms with Gasteiger partial charge in [0, 0.05) is 12.6 Å². The molecule has 0 aliphatic carbocycles. The second-order valence-electron chi connectivity index (χ2n) is 4.89. The number of hydrogen-bond donors (Lipinski definition) is 2. The Bertz CT molecular complexity index is 700. The van der Waals surface area contributed by atoms with Gasteiger partial charge in [0.2, 0.25) is 0 Å². The van der Waals surface area contributed by atoms with Crippen molar-refractivity contribution in [3.63, 3.8) is 0 Å². The molecule has 0 aromatic heterocycles. The van der Waals surface area contributed by atoms with Gasteiger partial charge in [-0.1, -0.05) is 48.0 Å². The fraction of sp³-hybridized carbons (Fsp3) is 0.167. The lowest BCUT2D eigenvalue weighted by atomic mass is 10.1. The van der Waals surface area contributed by atoms with E-state index in [1.807, 2.05) is 43.3 Å². The van der Waals surface area contributed by atoms with Gasteiger partial charge in [-0.15, -0.1) is 0 Å². The standard InChI is InChI=1S/C18H19ClN2O2/c1-2-21-15-10-8-14(17(19)18(15)20)9-11-16(22)23-12-13-6-4-3-5-7-13/h3-11,21H,2,12,20H2,1H3/b11-9+. The summed E-state index contributed by atoms with van der Waals surface area (Å²) in [7, 11) is 0. The van der Waals surface area contributed by atoms with E-state index >= 15 is 0 Å². The van der Waals surface area contributed by atoms with Crippen molar-refractivity contribution >= 4 is 35.0 Å². The smallest absolute Gasteiger partial charge is 0.331 e. The zero-order chi connectivity index (χ0) is 16.7. The van der Waals surface area contributed by atoms with Gasteiger partial charge in [0.05, 0.1) is 16.4 Å². The number of nitrogens with two attached hydrogens (primary N) is 1. The van der Waals surface area contributed by atoms with E-state index in [9.17, 15) is 4.79 Å². The number of anilines is 2.